The number of aromatic nitrogens is 1. The number of rotatable bonds is 4. The number of non-ortho nitro benzene ring substituents is 1. The van der Waals surface area contributed by atoms with E-state index in [1.165, 1.54) is 12.1 Å². The van der Waals surface area contributed by atoms with E-state index < -0.39 is 4.92 Å². The van der Waals surface area contributed by atoms with Crippen molar-refractivity contribution in [1.82, 2.24) is 4.68 Å². The van der Waals surface area contributed by atoms with Gasteiger partial charge in [0.15, 0.2) is 0 Å². The third kappa shape index (κ3) is 2.88. The Hall–Kier alpha value is -2.01. The molecule has 0 amide bonds. The van der Waals surface area contributed by atoms with Crippen molar-refractivity contribution in [2.75, 3.05) is 5.43 Å². The third-order valence-electron chi connectivity index (χ3n) is 2.94. The van der Waals surface area contributed by atoms with Crippen LogP contribution in [0.2, 0.25) is 5.02 Å². The molecule has 2 rings (SSSR count). The van der Waals surface area contributed by atoms with Gasteiger partial charge in [0.05, 0.1) is 11.5 Å². The summed E-state index contributed by atoms with van der Waals surface area (Å²) >= 11 is 6.05. The van der Waals surface area contributed by atoms with E-state index in [9.17, 15) is 10.1 Å². The Bertz CT molecular complexity index is 603. The Balaban J connectivity index is 2.20. The Morgan fingerprint density at radius 1 is 1.26 bits per heavy atom. The van der Waals surface area contributed by atoms with E-state index >= 15 is 0 Å². The van der Waals surface area contributed by atoms with Gasteiger partial charge in [0.2, 0.25) is 0 Å². The molecule has 0 fully saturated rings. The maximum absolute atomic E-state index is 10.7. The van der Waals surface area contributed by atoms with Gasteiger partial charge in [-0.25, -0.2) is 0 Å². The first-order valence-corrected chi connectivity index (χ1v) is 6.18. The summed E-state index contributed by atoms with van der Waals surface area (Å²) in [7, 11) is 0. The normalized spacial score (nSPS) is 10.5. The first-order valence-electron chi connectivity index (χ1n) is 5.80. The maximum atomic E-state index is 10.7. The smallest absolute Gasteiger partial charge is 0.269 e. The molecule has 0 bridgehead atoms. The molecule has 0 spiro atoms. The minimum atomic E-state index is -0.425. The van der Waals surface area contributed by atoms with Crippen molar-refractivity contribution in [2.45, 2.75) is 20.4 Å². The van der Waals surface area contributed by atoms with E-state index in [2.05, 4.69) is 5.43 Å². The van der Waals surface area contributed by atoms with Crippen LogP contribution in [-0.2, 0) is 6.54 Å². The molecular weight excluding hydrogens is 266 g/mol. The van der Waals surface area contributed by atoms with Crippen molar-refractivity contribution in [3.8, 4) is 0 Å². The quantitative estimate of drug-likeness (QED) is 0.689. The van der Waals surface area contributed by atoms with Gasteiger partial charge in [0.1, 0.15) is 0 Å². The number of nitro benzene ring substituents is 1. The molecule has 1 heterocycles. The highest BCUT2D eigenvalue weighted by molar-refractivity contribution is 6.31. The van der Waals surface area contributed by atoms with Crippen LogP contribution in [0.25, 0.3) is 0 Å². The topological polar surface area (TPSA) is 60.1 Å². The lowest BCUT2D eigenvalue weighted by molar-refractivity contribution is -0.384. The molecule has 0 saturated carbocycles. The van der Waals surface area contributed by atoms with Crippen LogP contribution in [0.4, 0.5) is 5.69 Å². The summed E-state index contributed by atoms with van der Waals surface area (Å²) in [5.74, 6) is 0. The lowest BCUT2D eigenvalue weighted by Gasteiger charge is -2.13. The molecule has 0 unspecified atom stereocenters. The molecule has 1 N–H and O–H groups in total. The molecule has 5 nitrogen and oxygen atoms in total. The van der Waals surface area contributed by atoms with Crippen LogP contribution < -0.4 is 5.43 Å². The van der Waals surface area contributed by atoms with E-state index in [-0.39, 0.29) is 5.69 Å². The number of aryl methyl sites for hydroxylation is 2. The van der Waals surface area contributed by atoms with Gasteiger partial charge in [-0.1, -0.05) is 11.6 Å². The van der Waals surface area contributed by atoms with Crippen molar-refractivity contribution in [3.05, 3.63) is 62.4 Å². The number of hydrogen-bond acceptors (Lipinski definition) is 3. The first kappa shape index (κ1) is 13.4. The summed E-state index contributed by atoms with van der Waals surface area (Å²) < 4.78 is 1.93. The lowest BCUT2D eigenvalue weighted by Crippen LogP contribution is -2.17. The second kappa shape index (κ2) is 5.32. The predicted molar refractivity (Wildman–Crippen MR) is 75.1 cm³/mol. The van der Waals surface area contributed by atoms with Crippen LogP contribution in [0, 0.1) is 24.0 Å². The number of nitro groups is 1. The largest absolute Gasteiger partial charge is 0.321 e. The fraction of sp³-hybridized carbons (Fsp3) is 0.231. The Labute approximate surface area is 115 Å². The number of nitrogens with zero attached hydrogens (tertiary/aromatic N) is 2. The van der Waals surface area contributed by atoms with Gasteiger partial charge < -0.3 is 5.43 Å². The second-order valence-electron chi connectivity index (χ2n) is 4.32. The predicted octanol–water partition coefficient (Wildman–Crippen LogP) is 3.41. The molecule has 2 aromatic rings. The van der Waals surface area contributed by atoms with Gasteiger partial charge in [0, 0.05) is 28.5 Å². The van der Waals surface area contributed by atoms with E-state index in [1.54, 1.807) is 6.07 Å². The molecule has 100 valence electrons. The highest BCUT2D eigenvalue weighted by Gasteiger charge is 2.10. The molecule has 0 aliphatic heterocycles. The minimum absolute atomic E-state index is 0.0437. The molecule has 0 radical (unpaired) electrons. The van der Waals surface area contributed by atoms with Crippen LogP contribution in [0.3, 0.4) is 0 Å². The van der Waals surface area contributed by atoms with Crippen molar-refractivity contribution in [3.63, 3.8) is 0 Å². The molecule has 0 atom stereocenters. The summed E-state index contributed by atoms with van der Waals surface area (Å²) in [4.78, 5) is 10.3. The van der Waals surface area contributed by atoms with E-state index in [0.29, 0.717) is 17.1 Å². The van der Waals surface area contributed by atoms with Gasteiger partial charge in [-0.2, -0.15) is 0 Å². The SMILES string of the molecule is Cc1ccc(C)n1NCc1cc([N+](=O)[O-])ccc1Cl. The molecule has 1 aromatic heterocycles. The standard InChI is InChI=1S/C13H14ClN3O2/c1-9-3-4-10(2)16(9)15-8-11-7-12(17(18)19)5-6-13(11)14/h3-7,15H,8H2,1-2H3. The van der Waals surface area contributed by atoms with E-state index in [1.807, 2.05) is 30.7 Å². The molecule has 0 saturated heterocycles. The van der Waals surface area contributed by atoms with Gasteiger partial charge in [-0.05, 0) is 37.6 Å². The average Bonchev–Trinajstić information content (AvgIpc) is 2.68. The Kier molecular flexibility index (Phi) is 3.76. The van der Waals surface area contributed by atoms with Gasteiger partial charge >= 0.3 is 0 Å². The van der Waals surface area contributed by atoms with Crippen molar-refractivity contribution >= 4 is 17.3 Å². The molecule has 1 aromatic carbocycles. The Morgan fingerprint density at radius 2 is 1.89 bits per heavy atom. The molecule has 0 aliphatic carbocycles. The summed E-state index contributed by atoms with van der Waals surface area (Å²) in [5, 5.41) is 11.3. The van der Waals surface area contributed by atoms with Crippen molar-refractivity contribution in [1.29, 1.82) is 0 Å². The van der Waals surface area contributed by atoms with Crippen LogP contribution >= 0.6 is 11.6 Å². The minimum Gasteiger partial charge on any atom is -0.321 e. The van der Waals surface area contributed by atoms with Crippen molar-refractivity contribution in [2.24, 2.45) is 0 Å². The molecule has 19 heavy (non-hydrogen) atoms. The fourth-order valence-corrected chi connectivity index (χ4v) is 2.08. The number of benzene rings is 1. The van der Waals surface area contributed by atoms with Gasteiger partial charge in [-0.3, -0.25) is 14.8 Å². The number of hydrogen-bond donors (Lipinski definition) is 1. The first-order chi connectivity index (χ1) is 8.99. The van der Waals surface area contributed by atoms with Gasteiger partial charge in [-0.15, -0.1) is 0 Å². The number of halogens is 1. The average molecular weight is 280 g/mol. The zero-order valence-corrected chi connectivity index (χ0v) is 11.4. The third-order valence-corrected chi connectivity index (χ3v) is 3.31. The van der Waals surface area contributed by atoms with Crippen LogP contribution in [0.5, 0.6) is 0 Å². The Morgan fingerprint density at radius 3 is 2.47 bits per heavy atom. The lowest BCUT2D eigenvalue weighted by atomic mass is 10.2. The van der Waals surface area contributed by atoms with Crippen LogP contribution in [0.15, 0.2) is 30.3 Å². The maximum Gasteiger partial charge on any atom is 0.269 e. The second-order valence-corrected chi connectivity index (χ2v) is 4.73. The molecule has 0 aliphatic rings. The van der Waals surface area contributed by atoms with Gasteiger partial charge in [0.25, 0.3) is 5.69 Å². The monoisotopic (exact) mass is 279 g/mol. The van der Waals surface area contributed by atoms with Crippen molar-refractivity contribution < 1.29 is 4.92 Å². The highest BCUT2D eigenvalue weighted by Crippen LogP contribution is 2.22. The fourth-order valence-electron chi connectivity index (χ4n) is 1.89. The van der Waals surface area contributed by atoms with E-state index in [0.717, 1.165) is 11.4 Å². The zero-order valence-electron chi connectivity index (χ0n) is 10.7. The number of nitrogens with one attached hydrogen (secondary N) is 1. The molecular formula is C13H14ClN3O2. The summed E-state index contributed by atoms with van der Waals surface area (Å²) in [6.07, 6.45) is 0. The van der Waals surface area contributed by atoms with E-state index in [4.69, 9.17) is 11.6 Å². The highest BCUT2D eigenvalue weighted by atomic mass is 35.5. The zero-order chi connectivity index (χ0) is 14.0. The molecule has 6 heteroatoms. The summed E-state index contributed by atoms with van der Waals surface area (Å²) in [6, 6.07) is 8.43. The summed E-state index contributed by atoms with van der Waals surface area (Å²) in [6.45, 7) is 4.39. The van der Waals surface area contributed by atoms with Crippen LogP contribution in [0.1, 0.15) is 17.0 Å². The van der Waals surface area contributed by atoms with Crippen LogP contribution in [-0.4, -0.2) is 9.60 Å². The summed E-state index contributed by atoms with van der Waals surface area (Å²) in [5.41, 5.74) is 6.07.